The van der Waals surface area contributed by atoms with Crippen LogP contribution in [0.15, 0.2) is 67.3 Å². The molecule has 0 aromatic heterocycles. The topological polar surface area (TPSA) is 26.3 Å². The molecule has 0 radical (unpaired) electrons. The molecule has 0 aliphatic heterocycles. The molecule has 0 saturated carbocycles. The molecule has 1 rings (SSSR count). The maximum absolute atomic E-state index is 11.7. The second-order valence-corrected chi connectivity index (χ2v) is 3.48. The highest BCUT2D eigenvalue weighted by atomic mass is 16.5. The Balaban J connectivity index is 2.74. The maximum atomic E-state index is 11.7. The molecule has 0 N–H and O–H groups in total. The van der Waals surface area contributed by atoms with Crippen LogP contribution in [0.4, 0.5) is 0 Å². The van der Waals surface area contributed by atoms with Gasteiger partial charge < -0.3 is 4.74 Å². The van der Waals surface area contributed by atoms with Gasteiger partial charge >= 0.3 is 5.97 Å². The van der Waals surface area contributed by atoms with Crippen LogP contribution in [0.1, 0.15) is 5.56 Å². The third-order valence-electron chi connectivity index (χ3n) is 2.15. The lowest BCUT2D eigenvalue weighted by molar-refractivity contribution is -0.137. The van der Waals surface area contributed by atoms with Crippen molar-refractivity contribution in [1.82, 2.24) is 0 Å². The molecule has 0 heterocycles. The van der Waals surface area contributed by atoms with Gasteiger partial charge in [0.25, 0.3) is 0 Å². The van der Waals surface area contributed by atoms with E-state index in [4.69, 9.17) is 4.74 Å². The number of hydrogen-bond donors (Lipinski definition) is 0. The molecule has 0 fully saturated rings. The molecular formula is C15H16O2. The highest BCUT2D eigenvalue weighted by Gasteiger charge is 2.10. The minimum absolute atomic E-state index is 0.224. The van der Waals surface area contributed by atoms with Crippen LogP contribution in [0.5, 0.6) is 0 Å². The van der Waals surface area contributed by atoms with Crippen molar-refractivity contribution in [2.24, 2.45) is 0 Å². The second kappa shape index (κ2) is 7.23. The summed E-state index contributed by atoms with van der Waals surface area (Å²) in [6.07, 6.45) is 5.36. The fourth-order valence-electron chi connectivity index (χ4n) is 1.38. The first-order chi connectivity index (χ1) is 8.27. The number of benzene rings is 1. The summed E-state index contributed by atoms with van der Waals surface area (Å²) in [7, 11) is 0. The summed E-state index contributed by atoms with van der Waals surface area (Å²) in [6, 6.07) is 9.76. The first kappa shape index (κ1) is 13.0. The smallest absolute Gasteiger partial charge is 0.334 e. The quantitative estimate of drug-likeness (QED) is 0.324. The molecule has 2 heteroatoms. The van der Waals surface area contributed by atoms with Crippen LogP contribution in [0.2, 0.25) is 0 Å². The molecule has 0 atom stereocenters. The van der Waals surface area contributed by atoms with Crippen LogP contribution < -0.4 is 0 Å². The Morgan fingerprint density at radius 3 is 2.53 bits per heavy atom. The normalized spacial score (nSPS) is 10.7. The van der Waals surface area contributed by atoms with Crippen LogP contribution in [0.3, 0.4) is 0 Å². The van der Waals surface area contributed by atoms with Gasteiger partial charge in [0, 0.05) is 12.0 Å². The summed E-state index contributed by atoms with van der Waals surface area (Å²) >= 11 is 0. The maximum Gasteiger partial charge on any atom is 0.334 e. The van der Waals surface area contributed by atoms with Gasteiger partial charge in [0.05, 0.1) is 0 Å². The third-order valence-corrected chi connectivity index (χ3v) is 2.15. The Labute approximate surface area is 102 Å². The van der Waals surface area contributed by atoms with Crippen molar-refractivity contribution in [3.8, 4) is 0 Å². The molecule has 0 aliphatic carbocycles. The Morgan fingerprint density at radius 1 is 1.24 bits per heavy atom. The van der Waals surface area contributed by atoms with Crippen molar-refractivity contribution in [3.05, 3.63) is 72.9 Å². The van der Waals surface area contributed by atoms with Crippen molar-refractivity contribution < 1.29 is 9.53 Å². The highest BCUT2D eigenvalue weighted by Crippen LogP contribution is 2.09. The molecule has 88 valence electrons. The standard InChI is InChI=1S/C15H16O2/c1-3-8-14(15(16)17-11-4-2)12-13-9-6-5-7-10-13/h3-10H,1-2,11-12H2. The van der Waals surface area contributed by atoms with E-state index in [1.54, 1.807) is 18.2 Å². The summed E-state index contributed by atoms with van der Waals surface area (Å²) in [5.41, 5.74) is 1.66. The van der Waals surface area contributed by atoms with Gasteiger partial charge in [0.15, 0.2) is 0 Å². The molecule has 0 saturated heterocycles. The lowest BCUT2D eigenvalue weighted by Crippen LogP contribution is -2.10. The van der Waals surface area contributed by atoms with Gasteiger partial charge in [-0.15, -0.1) is 0 Å². The van der Waals surface area contributed by atoms with Gasteiger partial charge in [-0.25, -0.2) is 4.79 Å². The van der Waals surface area contributed by atoms with Crippen LogP contribution in [0, 0.1) is 0 Å². The SMILES string of the molecule is C=CC=C(Cc1ccccc1)C(=O)OCC=C. The van der Waals surface area contributed by atoms with Crippen molar-refractivity contribution >= 4 is 5.97 Å². The van der Waals surface area contributed by atoms with Crippen LogP contribution in [-0.2, 0) is 16.0 Å². The van der Waals surface area contributed by atoms with E-state index in [1.165, 1.54) is 0 Å². The average Bonchev–Trinajstić information content (AvgIpc) is 2.36. The van der Waals surface area contributed by atoms with E-state index < -0.39 is 0 Å². The number of allylic oxidation sites excluding steroid dienone is 2. The van der Waals surface area contributed by atoms with E-state index >= 15 is 0 Å². The Bertz CT molecular complexity index is 416. The van der Waals surface area contributed by atoms with Gasteiger partial charge in [-0.2, -0.15) is 0 Å². The highest BCUT2D eigenvalue weighted by molar-refractivity contribution is 5.89. The largest absolute Gasteiger partial charge is 0.458 e. The van der Waals surface area contributed by atoms with Gasteiger partial charge in [0.2, 0.25) is 0 Å². The van der Waals surface area contributed by atoms with Crippen LogP contribution >= 0.6 is 0 Å². The third kappa shape index (κ3) is 4.51. The van der Waals surface area contributed by atoms with Gasteiger partial charge in [-0.05, 0) is 5.56 Å². The summed E-state index contributed by atoms with van der Waals surface area (Å²) in [4.78, 5) is 11.7. The number of carbonyl (C=O) groups is 1. The Morgan fingerprint density at radius 2 is 1.94 bits per heavy atom. The van der Waals surface area contributed by atoms with Gasteiger partial charge in [0.1, 0.15) is 6.61 Å². The molecule has 17 heavy (non-hydrogen) atoms. The number of rotatable bonds is 6. The average molecular weight is 228 g/mol. The molecule has 2 nitrogen and oxygen atoms in total. The zero-order valence-corrected chi connectivity index (χ0v) is 9.76. The van der Waals surface area contributed by atoms with E-state index in [2.05, 4.69) is 13.2 Å². The number of carbonyl (C=O) groups excluding carboxylic acids is 1. The number of hydrogen-bond acceptors (Lipinski definition) is 2. The first-order valence-electron chi connectivity index (χ1n) is 5.41. The zero-order valence-electron chi connectivity index (χ0n) is 9.76. The Hall–Kier alpha value is -2.09. The van der Waals surface area contributed by atoms with Crippen molar-refractivity contribution in [1.29, 1.82) is 0 Å². The summed E-state index contributed by atoms with van der Waals surface area (Å²) < 4.78 is 5.01. The molecular weight excluding hydrogens is 212 g/mol. The first-order valence-corrected chi connectivity index (χ1v) is 5.41. The van der Waals surface area contributed by atoms with E-state index in [9.17, 15) is 4.79 Å². The van der Waals surface area contributed by atoms with Gasteiger partial charge in [-0.1, -0.05) is 61.7 Å². The van der Waals surface area contributed by atoms with Crippen molar-refractivity contribution in [2.75, 3.05) is 6.61 Å². The fourth-order valence-corrected chi connectivity index (χ4v) is 1.38. The lowest BCUT2D eigenvalue weighted by atomic mass is 10.1. The van der Waals surface area contributed by atoms with E-state index in [-0.39, 0.29) is 12.6 Å². The summed E-state index contributed by atoms with van der Waals surface area (Å²) in [5, 5.41) is 0. The number of esters is 1. The fraction of sp³-hybridized carbons (Fsp3) is 0.133. The molecule has 0 spiro atoms. The predicted octanol–water partition coefficient (Wildman–Crippen LogP) is 3.07. The van der Waals surface area contributed by atoms with Crippen molar-refractivity contribution in [3.63, 3.8) is 0 Å². The minimum Gasteiger partial charge on any atom is -0.458 e. The zero-order chi connectivity index (χ0) is 12.5. The van der Waals surface area contributed by atoms with Crippen molar-refractivity contribution in [2.45, 2.75) is 6.42 Å². The summed E-state index contributed by atoms with van der Waals surface area (Å²) in [6.45, 7) is 7.33. The minimum atomic E-state index is -0.325. The molecule has 0 bridgehead atoms. The predicted molar refractivity (Wildman–Crippen MR) is 69.6 cm³/mol. The Kier molecular flexibility index (Phi) is 5.52. The molecule has 0 amide bonds. The molecule has 0 aliphatic rings. The van der Waals surface area contributed by atoms with Crippen LogP contribution in [-0.4, -0.2) is 12.6 Å². The molecule has 0 unspecified atom stereocenters. The van der Waals surface area contributed by atoms with Crippen LogP contribution in [0.25, 0.3) is 0 Å². The second-order valence-electron chi connectivity index (χ2n) is 3.48. The van der Waals surface area contributed by atoms with E-state index in [1.807, 2.05) is 30.3 Å². The lowest BCUT2D eigenvalue weighted by Gasteiger charge is -2.06. The van der Waals surface area contributed by atoms with E-state index in [0.29, 0.717) is 12.0 Å². The molecule has 1 aromatic rings. The van der Waals surface area contributed by atoms with E-state index in [0.717, 1.165) is 5.56 Å². The monoisotopic (exact) mass is 228 g/mol. The number of ether oxygens (including phenoxy) is 1. The summed E-state index contributed by atoms with van der Waals surface area (Å²) in [5.74, 6) is -0.325. The van der Waals surface area contributed by atoms with Gasteiger partial charge in [-0.3, -0.25) is 0 Å². The molecule has 1 aromatic carbocycles.